The highest BCUT2D eigenvalue weighted by atomic mass is 16.5. The number of carbonyl (C=O) groups is 1. The van der Waals surface area contributed by atoms with E-state index in [0.717, 1.165) is 11.1 Å². The first-order valence-electron chi connectivity index (χ1n) is 9.09. The highest BCUT2D eigenvalue weighted by Crippen LogP contribution is 2.35. The fourth-order valence-corrected chi connectivity index (χ4v) is 3.47. The normalized spacial score (nSPS) is 10.8. The number of benzene rings is 3. The first kappa shape index (κ1) is 18.5. The van der Waals surface area contributed by atoms with E-state index in [-0.39, 0.29) is 17.4 Å². The molecule has 0 radical (unpaired) electrons. The Hall–Kier alpha value is -3.86. The van der Waals surface area contributed by atoms with E-state index in [2.05, 4.69) is 0 Å². The molecule has 1 N–H and O–H groups in total. The van der Waals surface area contributed by atoms with Gasteiger partial charge in [0.05, 0.1) is 24.5 Å². The topological polar surface area (TPSA) is 76.7 Å². The molecule has 4 aromatic rings. The van der Waals surface area contributed by atoms with E-state index in [1.54, 1.807) is 12.1 Å². The van der Waals surface area contributed by atoms with Gasteiger partial charge >= 0.3 is 5.97 Å². The number of rotatable bonds is 5. The predicted octanol–water partition coefficient (Wildman–Crippen LogP) is 4.76. The first-order chi connectivity index (χ1) is 14.1. The minimum Gasteiger partial charge on any atom is -0.496 e. The average molecular weight is 386 g/mol. The summed E-state index contributed by atoms with van der Waals surface area (Å²) in [4.78, 5) is 24.9. The molecule has 144 valence electrons. The van der Waals surface area contributed by atoms with E-state index in [9.17, 15) is 14.7 Å². The van der Waals surface area contributed by atoms with Gasteiger partial charge in [0.1, 0.15) is 17.1 Å². The van der Waals surface area contributed by atoms with Crippen LogP contribution in [0.3, 0.4) is 0 Å². The third-order valence-electron chi connectivity index (χ3n) is 4.77. The number of hydrogen-bond donors (Lipinski definition) is 1. The number of fused-ring (bicyclic) bond motifs is 1. The lowest BCUT2D eigenvalue weighted by Gasteiger charge is -2.14. The van der Waals surface area contributed by atoms with Gasteiger partial charge in [0, 0.05) is 11.1 Å². The monoisotopic (exact) mass is 386 g/mol. The Balaban J connectivity index is 2.14. The van der Waals surface area contributed by atoms with Gasteiger partial charge < -0.3 is 14.3 Å². The van der Waals surface area contributed by atoms with Gasteiger partial charge in [-0.1, -0.05) is 60.7 Å². The molecule has 5 nitrogen and oxygen atoms in total. The van der Waals surface area contributed by atoms with Crippen molar-refractivity contribution in [2.45, 2.75) is 6.42 Å². The van der Waals surface area contributed by atoms with Gasteiger partial charge in [-0.25, -0.2) is 0 Å². The molecule has 0 atom stereocenters. The summed E-state index contributed by atoms with van der Waals surface area (Å²) >= 11 is 0. The zero-order chi connectivity index (χ0) is 20.4. The third kappa shape index (κ3) is 3.38. The van der Waals surface area contributed by atoms with Crippen LogP contribution in [0.4, 0.5) is 0 Å². The predicted molar refractivity (Wildman–Crippen MR) is 111 cm³/mol. The molecule has 1 aromatic heterocycles. The second-order valence-electron chi connectivity index (χ2n) is 6.56. The van der Waals surface area contributed by atoms with E-state index in [0.29, 0.717) is 28.0 Å². The zero-order valence-corrected chi connectivity index (χ0v) is 15.7. The summed E-state index contributed by atoms with van der Waals surface area (Å²) < 4.78 is 11.6. The summed E-state index contributed by atoms with van der Waals surface area (Å²) in [6, 6.07) is 21.8. The molecule has 0 spiro atoms. The van der Waals surface area contributed by atoms with Crippen molar-refractivity contribution in [3.8, 4) is 28.2 Å². The molecule has 0 aliphatic carbocycles. The number of aliphatic carboxylic acids is 1. The van der Waals surface area contributed by atoms with Crippen LogP contribution in [0.5, 0.6) is 5.75 Å². The summed E-state index contributed by atoms with van der Waals surface area (Å²) in [5, 5.41) is 9.68. The maximum Gasteiger partial charge on any atom is 0.308 e. The number of carboxylic acids is 1. The second-order valence-corrected chi connectivity index (χ2v) is 6.56. The van der Waals surface area contributed by atoms with Crippen LogP contribution in [0.25, 0.3) is 33.4 Å². The molecule has 4 rings (SSSR count). The summed E-state index contributed by atoms with van der Waals surface area (Å²) in [7, 11) is 1.46. The largest absolute Gasteiger partial charge is 0.496 e. The van der Waals surface area contributed by atoms with E-state index >= 15 is 0 Å². The van der Waals surface area contributed by atoms with Crippen molar-refractivity contribution >= 4 is 16.9 Å². The quantitative estimate of drug-likeness (QED) is 0.535. The Kier molecular flexibility index (Phi) is 4.87. The van der Waals surface area contributed by atoms with Gasteiger partial charge in [-0.2, -0.15) is 0 Å². The second kappa shape index (κ2) is 7.64. The molecular weight excluding hydrogens is 368 g/mol. The van der Waals surface area contributed by atoms with Crippen molar-refractivity contribution < 1.29 is 19.1 Å². The molecule has 0 fully saturated rings. The van der Waals surface area contributed by atoms with Crippen LogP contribution in [-0.2, 0) is 11.2 Å². The van der Waals surface area contributed by atoms with Crippen LogP contribution >= 0.6 is 0 Å². The molecule has 3 aromatic carbocycles. The van der Waals surface area contributed by atoms with E-state index in [4.69, 9.17) is 9.15 Å². The highest BCUT2D eigenvalue weighted by Gasteiger charge is 2.22. The Morgan fingerprint density at radius 1 is 0.931 bits per heavy atom. The molecule has 5 heteroatoms. The molecule has 0 bridgehead atoms. The lowest BCUT2D eigenvalue weighted by Crippen LogP contribution is -2.10. The van der Waals surface area contributed by atoms with Gasteiger partial charge in [-0.05, 0) is 17.7 Å². The Morgan fingerprint density at radius 2 is 1.55 bits per heavy atom. The minimum atomic E-state index is -1.04. The van der Waals surface area contributed by atoms with Crippen molar-refractivity contribution in [2.75, 3.05) is 7.11 Å². The number of methoxy groups -OCH3 is 1. The molecule has 0 saturated carbocycles. The van der Waals surface area contributed by atoms with E-state index in [1.165, 1.54) is 7.11 Å². The smallest absolute Gasteiger partial charge is 0.308 e. The lowest BCUT2D eigenvalue weighted by atomic mass is 9.97. The van der Waals surface area contributed by atoms with Crippen LogP contribution in [0.1, 0.15) is 5.56 Å². The Bertz CT molecular complexity index is 1240. The zero-order valence-electron chi connectivity index (χ0n) is 15.7. The molecule has 0 unspecified atom stereocenters. The Labute approximate surface area is 166 Å². The summed E-state index contributed by atoms with van der Waals surface area (Å²) in [6.07, 6.45) is -0.317. The SMILES string of the molecule is COc1ccc2c(=O)c(-c3ccccc3)c(-c3ccccc3)oc2c1CC(=O)O. The van der Waals surface area contributed by atoms with Crippen molar-refractivity contribution in [3.05, 3.63) is 88.6 Å². The maximum atomic E-state index is 13.5. The van der Waals surface area contributed by atoms with Crippen molar-refractivity contribution in [2.24, 2.45) is 0 Å². The fourth-order valence-electron chi connectivity index (χ4n) is 3.47. The summed E-state index contributed by atoms with van der Waals surface area (Å²) in [5.41, 5.74) is 2.26. The van der Waals surface area contributed by atoms with Crippen LogP contribution in [-0.4, -0.2) is 18.2 Å². The van der Waals surface area contributed by atoms with Gasteiger partial charge in [0.15, 0.2) is 0 Å². The summed E-state index contributed by atoms with van der Waals surface area (Å²) in [5.74, 6) is -0.268. The third-order valence-corrected chi connectivity index (χ3v) is 4.77. The van der Waals surface area contributed by atoms with E-state index < -0.39 is 5.97 Å². The van der Waals surface area contributed by atoms with Crippen LogP contribution < -0.4 is 10.2 Å². The summed E-state index contributed by atoms with van der Waals surface area (Å²) in [6.45, 7) is 0. The molecule has 0 aliphatic rings. The molecule has 0 saturated heterocycles. The van der Waals surface area contributed by atoms with Crippen LogP contribution in [0, 0.1) is 0 Å². The number of ether oxygens (including phenoxy) is 1. The highest BCUT2D eigenvalue weighted by molar-refractivity contribution is 5.93. The van der Waals surface area contributed by atoms with Crippen LogP contribution in [0.15, 0.2) is 82.0 Å². The van der Waals surface area contributed by atoms with Crippen molar-refractivity contribution in [3.63, 3.8) is 0 Å². The lowest BCUT2D eigenvalue weighted by molar-refractivity contribution is -0.136. The average Bonchev–Trinajstić information content (AvgIpc) is 2.75. The molecule has 0 aliphatic heterocycles. The van der Waals surface area contributed by atoms with Crippen molar-refractivity contribution in [1.29, 1.82) is 0 Å². The standard InChI is InChI=1S/C24H18O5/c1-28-19-13-12-17-22(27)21(15-8-4-2-5-9-15)23(16-10-6-3-7-11-16)29-24(17)18(19)14-20(25)26/h2-13H,14H2,1H3,(H,25,26). The van der Waals surface area contributed by atoms with Gasteiger partial charge in [-0.15, -0.1) is 0 Å². The van der Waals surface area contributed by atoms with Crippen LogP contribution in [0.2, 0.25) is 0 Å². The van der Waals surface area contributed by atoms with Crippen molar-refractivity contribution in [1.82, 2.24) is 0 Å². The minimum absolute atomic E-state index is 0.217. The first-order valence-corrected chi connectivity index (χ1v) is 9.09. The molecule has 0 amide bonds. The molecule has 1 heterocycles. The van der Waals surface area contributed by atoms with Gasteiger partial charge in [-0.3, -0.25) is 9.59 Å². The Morgan fingerprint density at radius 3 is 2.14 bits per heavy atom. The number of carboxylic acid groups (broad SMARTS) is 1. The molecule has 29 heavy (non-hydrogen) atoms. The van der Waals surface area contributed by atoms with Gasteiger partial charge in [0.2, 0.25) is 5.43 Å². The van der Waals surface area contributed by atoms with E-state index in [1.807, 2.05) is 60.7 Å². The van der Waals surface area contributed by atoms with Gasteiger partial charge in [0.25, 0.3) is 0 Å². The maximum absolute atomic E-state index is 13.5. The molecular formula is C24H18O5. The number of hydrogen-bond acceptors (Lipinski definition) is 4. The fraction of sp³-hybridized carbons (Fsp3) is 0.0833.